The lowest BCUT2D eigenvalue weighted by atomic mass is 9.96. The lowest BCUT2D eigenvalue weighted by Gasteiger charge is -2.19. The van der Waals surface area contributed by atoms with Gasteiger partial charge in [0.05, 0.1) is 35.9 Å². The highest BCUT2D eigenvalue weighted by molar-refractivity contribution is 5.90. The number of aliphatic hydroxyl groups is 1. The fourth-order valence-electron chi connectivity index (χ4n) is 5.42. The van der Waals surface area contributed by atoms with E-state index in [1.807, 2.05) is 43.8 Å². The first-order chi connectivity index (χ1) is 19.8. The molecule has 2 aliphatic rings. The zero-order valence-electron chi connectivity index (χ0n) is 23.6. The molecule has 41 heavy (non-hydrogen) atoms. The zero-order valence-corrected chi connectivity index (χ0v) is 23.6. The summed E-state index contributed by atoms with van der Waals surface area (Å²) in [4.78, 5) is 28.9. The molecule has 3 aromatic heterocycles. The van der Waals surface area contributed by atoms with Crippen LogP contribution < -0.4 is 10.6 Å². The second-order valence-corrected chi connectivity index (χ2v) is 11.6. The molecular weight excluding hydrogens is 522 g/mol. The summed E-state index contributed by atoms with van der Waals surface area (Å²) in [5, 5.41) is 24.5. The number of nitrogens with zero attached hydrogens (tertiary/aromatic N) is 7. The Kier molecular flexibility index (Phi) is 7.26. The number of benzene rings is 1. The molecule has 0 saturated heterocycles. The first kappa shape index (κ1) is 27.0. The number of fused-ring (bicyclic) bond motifs is 2. The molecule has 0 aliphatic carbocycles. The SMILES string of the molecule is CC(C)(C)c1nc(C(=O)NC2CCN(CCO)Cc3cc(-c4ccnc(Nc5cnn6c5CCC6)n4)ccc32)no1. The highest BCUT2D eigenvalue weighted by Crippen LogP contribution is 2.32. The van der Waals surface area contributed by atoms with E-state index in [0.29, 0.717) is 37.9 Å². The van der Waals surface area contributed by atoms with Gasteiger partial charge in [0.1, 0.15) is 0 Å². The number of aromatic nitrogens is 6. The van der Waals surface area contributed by atoms with E-state index in [0.717, 1.165) is 47.5 Å². The number of aliphatic hydroxyl groups excluding tert-OH is 1. The van der Waals surface area contributed by atoms with Crippen LogP contribution in [-0.4, -0.2) is 65.5 Å². The fraction of sp³-hybridized carbons (Fsp3) is 0.448. The van der Waals surface area contributed by atoms with E-state index in [4.69, 9.17) is 9.51 Å². The zero-order chi connectivity index (χ0) is 28.6. The van der Waals surface area contributed by atoms with Crippen LogP contribution >= 0.6 is 0 Å². The second-order valence-electron chi connectivity index (χ2n) is 11.6. The molecule has 0 radical (unpaired) electrons. The molecule has 0 spiro atoms. The summed E-state index contributed by atoms with van der Waals surface area (Å²) in [5.41, 5.74) is 5.58. The third-order valence-electron chi connectivity index (χ3n) is 7.57. The molecule has 214 valence electrons. The number of hydrogen-bond acceptors (Lipinski definition) is 10. The Hall–Kier alpha value is -4.16. The molecule has 1 aromatic carbocycles. The van der Waals surface area contributed by atoms with Crippen molar-refractivity contribution >= 4 is 17.5 Å². The Morgan fingerprint density at radius 3 is 2.88 bits per heavy atom. The summed E-state index contributed by atoms with van der Waals surface area (Å²) in [6.07, 6.45) is 6.34. The van der Waals surface area contributed by atoms with Gasteiger partial charge >= 0.3 is 0 Å². The van der Waals surface area contributed by atoms with Crippen LogP contribution in [0.15, 0.2) is 41.2 Å². The molecule has 0 bridgehead atoms. The van der Waals surface area contributed by atoms with E-state index in [2.05, 4.69) is 47.9 Å². The quantitative estimate of drug-likeness (QED) is 0.309. The van der Waals surface area contributed by atoms with Gasteiger partial charge in [0, 0.05) is 43.4 Å². The van der Waals surface area contributed by atoms with E-state index >= 15 is 0 Å². The first-order valence-corrected chi connectivity index (χ1v) is 14.0. The van der Waals surface area contributed by atoms with E-state index < -0.39 is 0 Å². The molecule has 5 heterocycles. The summed E-state index contributed by atoms with van der Waals surface area (Å²) in [5.74, 6) is 0.578. The summed E-state index contributed by atoms with van der Waals surface area (Å²) in [7, 11) is 0. The Morgan fingerprint density at radius 1 is 1.20 bits per heavy atom. The minimum absolute atomic E-state index is 0.0228. The maximum Gasteiger partial charge on any atom is 0.293 e. The summed E-state index contributed by atoms with van der Waals surface area (Å²) in [6.45, 7) is 8.77. The Morgan fingerprint density at radius 2 is 2.07 bits per heavy atom. The van der Waals surface area contributed by atoms with Crippen molar-refractivity contribution in [2.75, 3.05) is 25.0 Å². The highest BCUT2D eigenvalue weighted by Gasteiger charge is 2.28. The van der Waals surface area contributed by atoms with Gasteiger partial charge in [-0.05, 0) is 42.5 Å². The smallest absolute Gasteiger partial charge is 0.293 e. The number of anilines is 2. The minimum atomic E-state index is -0.377. The summed E-state index contributed by atoms with van der Waals surface area (Å²) < 4.78 is 7.35. The molecule has 6 rings (SSSR count). The Labute approximate surface area is 238 Å². The van der Waals surface area contributed by atoms with Crippen molar-refractivity contribution in [2.24, 2.45) is 0 Å². The van der Waals surface area contributed by atoms with E-state index in [1.54, 1.807) is 6.20 Å². The molecule has 1 amide bonds. The van der Waals surface area contributed by atoms with Gasteiger partial charge in [-0.1, -0.05) is 38.1 Å². The van der Waals surface area contributed by atoms with Crippen molar-refractivity contribution in [3.63, 3.8) is 0 Å². The van der Waals surface area contributed by atoms with Gasteiger partial charge in [-0.2, -0.15) is 10.1 Å². The standard InChI is InChI=1S/C29H35N9O3/c1-29(2,3)27-35-25(36-41-27)26(40)32-22-9-12-37(13-14-39)17-19-15-18(6-7-20(19)22)21-8-10-30-28(33-21)34-23-16-31-38-11-4-5-24(23)38/h6-8,10,15-16,22,39H,4-5,9,11-14,17H2,1-3H3,(H,32,40)(H,30,33,34). The number of β-amino-alcohol motifs (C(OH)–C–C–N with tert-alkyl or cyclic N) is 1. The minimum Gasteiger partial charge on any atom is -0.395 e. The largest absolute Gasteiger partial charge is 0.395 e. The number of carbonyl (C=O) groups excluding carboxylic acids is 1. The second kappa shape index (κ2) is 11.0. The van der Waals surface area contributed by atoms with Crippen LogP contribution in [-0.2, 0) is 24.9 Å². The van der Waals surface area contributed by atoms with E-state index in [9.17, 15) is 9.90 Å². The molecule has 0 fully saturated rings. The van der Waals surface area contributed by atoms with Gasteiger partial charge in [0.2, 0.25) is 11.8 Å². The maximum absolute atomic E-state index is 13.1. The van der Waals surface area contributed by atoms with Gasteiger partial charge in [-0.15, -0.1) is 0 Å². The average molecular weight is 558 g/mol. The first-order valence-electron chi connectivity index (χ1n) is 14.0. The van der Waals surface area contributed by atoms with Crippen LogP contribution in [0.25, 0.3) is 11.3 Å². The van der Waals surface area contributed by atoms with Crippen molar-refractivity contribution < 1.29 is 14.4 Å². The number of hydrogen-bond donors (Lipinski definition) is 3. The maximum atomic E-state index is 13.1. The predicted octanol–water partition coefficient (Wildman–Crippen LogP) is 3.38. The van der Waals surface area contributed by atoms with E-state index in [-0.39, 0.29) is 29.8 Å². The Balaban J connectivity index is 1.26. The molecule has 12 heteroatoms. The molecular formula is C29H35N9O3. The van der Waals surface area contributed by atoms with Crippen LogP contribution in [0.1, 0.15) is 73.0 Å². The third kappa shape index (κ3) is 5.70. The van der Waals surface area contributed by atoms with Crippen molar-refractivity contribution in [2.45, 2.75) is 64.6 Å². The number of carbonyl (C=O) groups is 1. The fourth-order valence-corrected chi connectivity index (χ4v) is 5.42. The molecule has 3 N–H and O–H groups in total. The van der Waals surface area contributed by atoms with Crippen molar-refractivity contribution in [3.8, 4) is 11.3 Å². The number of nitrogens with one attached hydrogen (secondary N) is 2. The summed E-state index contributed by atoms with van der Waals surface area (Å²) in [6, 6.07) is 7.82. The van der Waals surface area contributed by atoms with Crippen molar-refractivity contribution in [3.05, 3.63) is 65.2 Å². The molecule has 1 unspecified atom stereocenters. The van der Waals surface area contributed by atoms with Crippen molar-refractivity contribution in [1.29, 1.82) is 0 Å². The third-order valence-corrected chi connectivity index (χ3v) is 7.57. The average Bonchev–Trinajstić information content (AvgIpc) is 3.68. The lowest BCUT2D eigenvalue weighted by Crippen LogP contribution is -2.31. The van der Waals surface area contributed by atoms with Gasteiger partial charge < -0.3 is 20.3 Å². The number of rotatable bonds is 7. The van der Waals surface area contributed by atoms with Crippen LogP contribution in [0.3, 0.4) is 0 Å². The molecule has 0 saturated carbocycles. The number of aryl methyl sites for hydroxylation is 1. The van der Waals surface area contributed by atoms with Crippen LogP contribution in [0.5, 0.6) is 0 Å². The van der Waals surface area contributed by atoms with E-state index in [1.165, 1.54) is 5.69 Å². The van der Waals surface area contributed by atoms with Gasteiger partial charge in [-0.3, -0.25) is 14.4 Å². The van der Waals surface area contributed by atoms with Gasteiger partial charge in [0.25, 0.3) is 11.7 Å². The lowest BCUT2D eigenvalue weighted by molar-refractivity contribution is 0.0918. The van der Waals surface area contributed by atoms with Gasteiger partial charge in [0.15, 0.2) is 0 Å². The molecule has 4 aromatic rings. The highest BCUT2D eigenvalue weighted by atomic mass is 16.5. The van der Waals surface area contributed by atoms with Crippen LogP contribution in [0.2, 0.25) is 0 Å². The predicted molar refractivity (Wildman–Crippen MR) is 151 cm³/mol. The molecule has 2 aliphatic heterocycles. The topological polar surface area (TPSA) is 147 Å². The Bertz CT molecular complexity index is 1560. The van der Waals surface area contributed by atoms with Crippen LogP contribution in [0.4, 0.5) is 11.6 Å². The van der Waals surface area contributed by atoms with Crippen molar-refractivity contribution in [1.82, 2.24) is 40.1 Å². The molecule has 1 atom stereocenters. The number of amides is 1. The summed E-state index contributed by atoms with van der Waals surface area (Å²) >= 11 is 0. The van der Waals surface area contributed by atoms with Crippen LogP contribution in [0, 0.1) is 0 Å². The molecule has 12 nitrogen and oxygen atoms in total. The monoisotopic (exact) mass is 557 g/mol. The van der Waals surface area contributed by atoms with Gasteiger partial charge in [-0.25, -0.2) is 9.97 Å². The normalized spacial score (nSPS) is 17.1.